The van der Waals surface area contributed by atoms with E-state index in [-0.39, 0.29) is 5.56 Å². The third-order valence-electron chi connectivity index (χ3n) is 1.57. The third kappa shape index (κ3) is 0.832. The van der Waals surface area contributed by atoms with Crippen LogP contribution in [0.15, 0.2) is 23.1 Å². The van der Waals surface area contributed by atoms with Crippen molar-refractivity contribution in [3.63, 3.8) is 0 Å². The molecule has 0 aliphatic heterocycles. The lowest BCUT2D eigenvalue weighted by Gasteiger charge is -1.95. The lowest BCUT2D eigenvalue weighted by molar-refractivity contribution is 0.887. The first-order chi connectivity index (χ1) is 5.27. The van der Waals surface area contributed by atoms with Gasteiger partial charge in [0.25, 0.3) is 5.56 Å². The number of rotatable bonds is 0. The van der Waals surface area contributed by atoms with Gasteiger partial charge in [0.15, 0.2) is 0 Å². The zero-order valence-corrected chi connectivity index (χ0v) is 6.03. The number of aromatic nitrogens is 3. The van der Waals surface area contributed by atoms with Crippen LogP contribution in [-0.4, -0.2) is 14.6 Å². The predicted octanol–water partition coefficient (Wildman–Crippen LogP) is 0.331. The van der Waals surface area contributed by atoms with Crippen LogP contribution >= 0.6 is 0 Å². The first-order valence-electron chi connectivity index (χ1n) is 3.31. The molecule has 4 heteroatoms. The van der Waals surface area contributed by atoms with Crippen LogP contribution in [0.3, 0.4) is 0 Å². The molecule has 0 fully saturated rings. The highest BCUT2D eigenvalue weighted by molar-refractivity contribution is 5.36. The molecule has 2 aromatic heterocycles. The fourth-order valence-electron chi connectivity index (χ4n) is 1.09. The Balaban J connectivity index is 3.02. The van der Waals surface area contributed by atoms with Crippen molar-refractivity contribution in [2.24, 2.45) is 0 Å². The molecule has 0 aliphatic rings. The van der Waals surface area contributed by atoms with Gasteiger partial charge in [0.2, 0.25) is 0 Å². The van der Waals surface area contributed by atoms with Crippen molar-refractivity contribution in [2.75, 3.05) is 0 Å². The second-order valence-corrected chi connectivity index (χ2v) is 2.40. The molecule has 0 saturated heterocycles. The third-order valence-corrected chi connectivity index (χ3v) is 1.57. The average molecular weight is 149 g/mol. The van der Waals surface area contributed by atoms with E-state index < -0.39 is 0 Å². The highest BCUT2D eigenvalue weighted by atomic mass is 16.1. The summed E-state index contributed by atoms with van der Waals surface area (Å²) in [6, 6.07) is 3.27. The number of aryl methyl sites for hydroxylation is 1. The summed E-state index contributed by atoms with van der Waals surface area (Å²) in [5.41, 5.74) is 1.49. The molecule has 2 heterocycles. The van der Waals surface area contributed by atoms with Gasteiger partial charge in [0, 0.05) is 17.8 Å². The summed E-state index contributed by atoms with van der Waals surface area (Å²) in [4.78, 5) is 13.6. The van der Waals surface area contributed by atoms with Gasteiger partial charge in [0.1, 0.15) is 5.65 Å². The lowest BCUT2D eigenvalue weighted by atomic mass is 10.4. The summed E-state index contributed by atoms with van der Waals surface area (Å²) in [6.45, 7) is 1.84. The van der Waals surface area contributed by atoms with Gasteiger partial charge < -0.3 is 4.98 Å². The fraction of sp³-hybridized carbons (Fsp3) is 0.143. The minimum atomic E-state index is -0.0875. The Labute approximate surface area is 62.5 Å². The number of fused-ring (bicyclic) bond motifs is 1. The molecule has 1 N–H and O–H groups in total. The highest BCUT2D eigenvalue weighted by Gasteiger charge is 1.96. The quantitative estimate of drug-likeness (QED) is 0.586. The van der Waals surface area contributed by atoms with E-state index in [0.717, 1.165) is 11.3 Å². The number of hydrogen-bond acceptors (Lipinski definition) is 2. The second-order valence-electron chi connectivity index (χ2n) is 2.40. The SMILES string of the molecule is Cc1cc(=O)[nH]c2ccnn12. The van der Waals surface area contributed by atoms with Crippen molar-refractivity contribution < 1.29 is 0 Å². The van der Waals surface area contributed by atoms with E-state index in [1.807, 2.05) is 6.92 Å². The van der Waals surface area contributed by atoms with E-state index >= 15 is 0 Å². The molecule has 11 heavy (non-hydrogen) atoms. The number of aromatic amines is 1. The molecular formula is C7H7N3O. The van der Waals surface area contributed by atoms with E-state index in [1.54, 1.807) is 16.8 Å². The molecular weight excluding hydrogens is 142 g/mol. The normalized spacial score (nSPS) is 10.6. The molecule has 0 atom stereocenters. The summed E-state index contributed by atoms with van der Waals surface area (Å²) in [7, 11) is 0. The van der Waals surface area contributed by atoms with Gasteiger partial charge in [-0.15, -0.1) is 0 Å². The first-order valence-corrected chi connectivity index (χ1v) is 3.31. The molecule has 2 rings (SSSR count). The molecule has 0 radical (unpaired) electrons. The molecule has 0 aromatic carbocycles. The van der Waals surface area contributed by atoms with Crippen LogP contribution in [0.1, 0.15) is 5.69 Å². The first kappa shape index (κ1) is 6.15. The number of nitrogens with one attached hydrogen (secondary N) is 1. The summed E-state index contributed by atoms with van der Waals surface area (Å²) in [6.07, 6.45) is 1.65. The largest absolute Gasteiger partial charge is 0.307 e. The van der Waals surface area contributed by atoms with Crippen LogP contribution in [0.4, 0.5) is 0 Å². The Morgan fingerprint density at radius 1 is 1.64 bits per heavy atom. The van der Waals surface area contributed by atoms with Gasteiger partial charge in [-0.3, -0.25) is 4.79 Å². The predicted molar refractivity (Wildman–Crippen MR) is 40.5 cm³/mol. The molecule has 0 spiro atoms. The Morgan fingerprint density at radius 3 is 3.27 bits per heavy atom. The minimum absolute atomic E-state index is 0.0875. The van der Waals surface area contributed by atoms with E-state index in [1.165, 1.54) is 6.07 Å². The summed E-state index contributed by atoms with van der Waals surface area (Å²) >= 11 is 0. The smallest absolute Gasteiger partial charge is 0.251 e. The molecule has 0 aliphatic carbocycles. The number of H-pyrrole nitrogens is 1. The zero-order chi connectivity index (χ0) is 7.84. The van der Waals surface area contributed by atoms with E-state index in [0.29, 0.717) is 0 Å². The van der Waals surface area contributed by atoms with E-state index in [2.05, 4.69) is 10.1 Å². The van der Waals surface area contributed by atoms with Gasteiger partial charge >= 0.3 is 0 Å². The Kier molecular flexibility index (Phi) is 1.09. The van der Waals surface area contributed by atoms with Crippen molar-refractivity contribution in [2.45, 2.75) is 6.92 Å². The maximum absolute atomic E-state index is 10.9. The van der Waals surface area contributed by atoms with Gasteiger partial charge in [-0.05, 0) is 6.92 Å². The fourth-order valence-corrected chi connectivity index (χ4v) is 1.09. The molecule has 0 amide bonds. The van der Waals surface area contributed by atoms with Crippen molar-refractivity contribution in [1.82, 2.24) is 14.6 Å². The standard InChI is InChI=1S/C7H7N3O/c1-5-4-7(11)9-6-2-3-8-10(5)6/h2-4H,1H3,(H,9,11). The van der Waals surface area contributed by atoms with E-state index in [4.69, 9.17) is 0 Å². The number of hydrogen-bond donors (Lipinski definition) is 1. The monoisotopic (exact) mass is 149 g/mol. The van der Waals surface area contributed by atoms with Gasteiger partial charge in [0.05, 0.1) is 6.20 Å². The van der Waals surface area contributed by atoms with Crippen LogP contribution in [0.2, 0.25) is 0 Å². The molecule has 0 bridgehead atoms. The van der Waals surface area contributed by atoms with Crippen molar-refractivity contribution in [3.8, 4) is 0 Å². The van der Waals surface area contributed by atoms with Crippen molar-refractivity contribution in [3.05, 3.63) is 34.4 Å². The zero-order valence-electron chi connectivity index (χ0n) is 6.03. The maximum Gasteiger partial charge on any atom is 0.251 e. The van der Waals surface area contributed by atoms with E-state index in [9.17, 15) is 4.79 Å². The lowest BCUT2D eigenvalue weighted by Crippen LogP contribution is -2.09. The van der Waals surface area contributed by atoms with Crippen molar-refractivity contribution >= 4 is 5.65 Å². The van der Waals surface area contributed by atoms with Crippen LogP contribution < -0.4 is 5.56 Å². The summed E-state index contributed by atoms with van der Waals surface area (Å²) in [5, 5.41) is 4.01. The van der Waals surface area contributed by atoms with Gasteiger partial charge in [-0.1, -0.05) is 0 Å². The van der Waals surface area contributed by atoms with Crippen molar-refractivity contribution in [1.29, 1.82) is 0 Å². The number of nitrogens with zero attached hydrogens (tertiary/aromatic N) is 2. The summed E-state index contributed by atoms with van der Waals surface area (Å²) < 4.78 is 1.68. The van der Waals surface area contributed by atoms with Gasteiger partial charge in [-0.25, -0.2) is 4.52 Å². The molecule has 4 nitrogen and oxygen atoms in total. The molecule has 56 valence electrons. The Bertz CT molecular complexity index is 440. The Morgan fingerprint density at radius 2 is 2.45 bits per heavy atom. The van der Waals surface area contributed by atoms with Crippen LogP contribution in [-0.2, 0) is 0 Å². The van der Waals surface area contributed by atoms with Gasteiger partial charge in [-0.2, -0.15) is 5.10 Å². The molecule has 0 saturated carbocycles. The highest BCUT2D eigenvalue weighted by Crippen LogP contribution is 1.97. The second kappa shape index (κ2) is 1.95. The van der Waals surface area contributed by atoms with Crippen LogP contribution in [0.5, 0.6) is 0 Å². The minimum Gasteiger partial charge on any atom is -0.307 e. The molecule has 2 aromatic rings. The van der Waals surface area contributed by atoms with Crippen LogP contribution in [0, 0.1) is 6.92 Å². The summed E-state index contributed by atoms with van der Waals surface area (Å²) in [5.74, 6) is 0. The molecule has 0 unspecified atom stereocenters. The average Bonchev–Trinajstić information content (AvgIpc) is 2.34. The van der Waals surface area contributed by atoms with Crippen LogP contribution in [0.25, 0.3) is 5.65 Å². The maximum atomic E-state index is 10.9. The Hall–Kier alpha value is -1.58. The topological polar surface area (TPSA) is 50.2 Å².